The van der Waals surface area contributed by atoms with E-state index < -0.39 is 0 Å². The van der Waals surface area contributed by atoms with Crippen molar-refractivity contribution in [2.24, 2.45) is 7.05 Å². The molecular weight excluding hydrogens is 370 g/mol. The Morgan fingerprint density at radius 3 is 2.41 bits per heavy atom. The molecule has 0 saturated heterocycles. The summed E-state index contributed by atoms with van der Waals surface area (Å²) in [6.45, 7) is 4.65. The molecule has 3 aromatic heterocycles. The lowest BCUT2D eigenvalue weighted by Gasteiger charge is -2.30. The molecule has 0 fully saturated rings. The number of carbonyl (C=O) groups is 2. The summed E-state index contributed by atoms with van der Waals surface area (Å²) < 4.78 is 12.7. The van der Waals surface area contributed by atoms with Crippen LogP contribution in [0.2, 0.25) is 0 Å². The minimum atomic E-state index is -0.283. The van der Waals surface area contributed by atoms with E-state index in [0.717, 1.165) is 12.1 Å². The van der Waals surface area contributed by atoms with Gasteiger partial charge >= 0.3 is 0 Å². The second-order valence-electron chi connectivity index (χ2n) is 7.11. The van der Waals surface area contributed by atoms with Crippen LogP contribution in [0.5, 0.6) is 0 Å². The van der Waals surface area contributed by atoms with Gasteiger partial charge in [-0.2, -0.15) is 0 Å². The molecule has 3 aromatic rings. The number of furan rings is 2. The molecule has 1 unspecified atom stereocenters. The van der Waals surface area contributed by atoms with Crippen molar-refractivity contribution < 1.29 is 18.4 Å². The van der Waals surface area contributed by atoms with Gasteiger partial charge in [-0.05, 0) is 49.7 Å². The average Bonchev–Trinajstić information content (AvgIpc) is 3.48. The highest BCUT2D eigenvalue weighted by atomic mass is 16.3. The Labute approximate surface area is 170 Å². The number of hydrogen-bond donors (Lipinski definition) is 0. The number of hydrogen-bond acceptors (Lipinski definition) is 4. The number of rotatable bonds is 9. The number of amides is 2. The van der Waals surface area contributed by atoms with Gasteiger partial charge in [0.15, 0.2) is 5.76 Å². The number of nitrogens with zero attached hydrogens (tertiary/aromatic N) is 3. The van der Waals surface area contributed by atoms with Gasteiger partial charge in [-0.15, -0.1) is 0 Å². The lowest BCUT2D eigenvalue weighted by molar-refractivity contribution is -0.134. The van der Waals surface area contributed by atoms with Crippen LogP contribution in [0.1, 0.15) is 42.3 Å². The van der Waals surface area contributed by atoms with E-state index in [9.17, 15) is 9.59 Å². The molecule has 0 aliphatic rings. The third-order valence-electron chi connectivity index (χ3n) is 5.10. The van der Waals surface area contributed by atoms with Gasteiger partial charge in [0.25, 0.3) is 5.91 Å². The molecule has 0 aliphatic heterocycles. The molecule has 0 aromatic carbocycles. The van der Waals surface area contributed by atoms with Crippen molar-refractivity contribution in [3.05, 3.63) is 72.3 Å². The van der Waals surface area contributed by atoms with Crippen molar-refractivity contribution in [1.29, 1.82) is 0 Å². The molecule has 0 radical (unpaired) electrons. The molecule has 0 N–H and O–H groups in total. The second kappa shape index (κ2) is 9.32. The topological polar surface area (TPSA) is 71.8 Å². The zero-order valence-corrected chi connectivity index (χ0v) is 17.1. The Balaban J connectivity index is 1.80. The maximum Gasteiger partial charge on any atom is 0.290 e. The van der Waals surface area contributed by atoms with Crippen LogP contribution in [0.25, 0.3) is 0 Å². The SMILES string of the molecule is CCC(C)N(CC(=O)N(Cc1ccco1)Cc1cccn1C)C(=O)c1ccco1. The van der Waals surface area contributed by atoms with E-state index in [-0.39, 0.29) is 30.2 Å². The van der Waals surface area contributed by atoms with Gasteiger partial charge in [-0.3, -0.25) is 9.59 Å². The summed E-state index contributed by atoms with van der Waals surface area (Å²) in [4.78, 5) is 29.4. The van der Waals surface area contributed by atoms with Crippen molar-refractivity contribution >= 4 is 11.8 Å². The van der Waals surface area contributed by atoms with Crippen LogP contribution in [0.15, 0.2) is 64.0 Å². The van der Waals surface area contributed by atoms with Gasteiger partial charge in [0.05, 0.1) is 25.6 Å². The van der Waals surface area contributed by atoms with Gasteiger partial charge in [0.1, 0.15) is 12.3 Å². The van der Waals surface area contributed by atoms with Crippen LogP contribution < -0.4 is 0 Å². The van der Waals surface area contributed by atoms with Crippen LogP contribution in [0.4, 0.5) is 0 Å². The number of aromatic nitrogens is 1. The average molecular weight is 397 g/mol. The fourth-order valence-corrected chi connectivity index (χ4v) is 3.11. The first kappa shape index (κ1) is 20.5. The first-order valence-electron chi connectivity index (χ1n) is 9.74. The maximum atomic E-state index is 13.3. The standard InChI is InChI=1S/C22H27N3O4/c1-4-17(2)25(22(27)20-10-7-13-29-20)16-21(26)24(15-19-9-6-12-28-19)14-18-8-5-11-23(18)3/h5-13,17H,4,14-16H2,1-3H3. The van der Waals surface area contributed by atoms with Crippen molar-refractivity contribution in [3.63, 3.8) is 0 Å². The minimum Gasteiger partial charge on any atom is -0.467 e. The van der Waals surface area contributed by atoms with Crippen LogP contribution in [0.3, 0.4) is 0 Å². The van der Waals surface area contributed by atoms with Crippen LogP contribution >= 0.6 is 0 Å². The quantitative estimate of drug-likeness (QED) is 0.552. The smallest absolute Gasteiger partial charge is 0.290 e. The zero-order valence-electron chi connectivity index (χ0n) is 17.1. The van der Waals surface area contributed by atoms with Crippen molar-refractivity contribution in [1.82, 2.24) is 14.4 Å². The molecule has 0 spiro atoms. The summed E-state index contributed by atoms with van der Waals surface area (Å²) in [5, 5.41) is 0. The monoisotopic (exact) mass is 397 g/mol. The van der Waals surface area contributed by atoms with E-state index in [1.165, 1.54) is 6.26 Å². The Kier molecular flexibility index (Phi) is 6.59. The highest BCUT2D eigenvalue weighted by molar-refractivity contribution is 5.94. The van der Waals surface area contributed by atoms with E-state index >= 15 is 0 Å². The molecule has 1 atom stereocenters. The van der Waals surface area contributed by atoms with E-state index in [4.69, 9.17) is 8.83 Å². The third-order valence-corrected chi connectivity index (χ3v) is 5.10. The number of carbonyl (C=O) groups excluding carboxylic acids is 2. The van der Waals surface area contributed by atoms with E-state index in [1.807, 2.05) is 49.9 Å². The fourth-order valence-electron chi connectivity index (χ4n) is 3.11. The van der Waals surface area contributed by atoms with Gasteiger partial charge < -0.3 is 23.2 Å². The normalized spacial score (nSPS) is 12.0. The summed E-state index contributed by atoms with van der Waals surface area (Å²) in [6.07, 6.45) is 5.72. The van der Waals surface area contributed by atoms with Gasteiger partial charge in [-0.25, -0.2) is 0 Å². The Hall–Kier alpha value is -3.22. The van der Waals surface area contributed by atoms with E-state index in [1.54, 1.807) is 34.3 Å². The van der Waals surface area contributed by atoms with Gasteiger partial charge in [0.2, 0.25) is 5.91 Å². The molecule has 7 nitrogen and oxygen atoms in total. The summed E-state index contributed by atoms with van der Waals surface area (Å²) in [5.74, 6) is 0.496. The molecule has 0 saturated carbocycles. The lowest BCUT2D eigenvalue weighted by Crippen LogP contribution is -2.46. The van der Waals surface area contributed by atoms with Crippen LogP contribution in [-0.2, 0) is 24.9 Å². The summed E-state index contributed by atoms with van der Waals surface area (Å²) >= 11 is 0. The first-order valence-corrected chi connectivity index (χ1v) is 9.74. The molecule has 29 heavy (non-hydrogen) atoms. The predicted molar refractivity (Wildman–Crippen MR) is 108 cm³/mol. The largest absolute Gasteiger partial charge is 0.467 e. The summed E-state index contributed by atoms with van der Waals surface area (Å²) in [7, 11) is 1.94. The summed E-state index contributed by atoms with van der Waals surface area (Å²) in [6, 6.07) is 10.7. The van der Waals surface area contributed by atoms with Crippen molar-refractivity contribution in [2.75, 3.05) is 6.54 Å². The van der Waals surface area contributed by atoms with Crippen molar-refractivity contribution in [3.8, 4) is 0 Å². The first-order chi connectivity index (χ1) is 14.0. The minimum absolute atomic E-state index is 0.0281. The summed E-state index contributed by atoms with van der Waals surface area (Å²) in [5.41, 5.74) is 0.998. The maximum absolute atomic E-state index is 13.3. The second-order valence-corrected chi connectivity index (χ2v) is 7.11. The van der Waals surface area contributed by atoms with E-state index in [2.05, 4.69) is 0 Å². The highest BCUT2D eigenvalue weighted by Crippen LogP contribution is 2.15. The van der Waals surface area contributed by atoms with Gasteiger partial charge in [0, 0.05) is 25.0 Å². The molecule has 7 heteroatoms. The molecule has 3 rings (SSSR count). The molecule has 0 bridgehead atoms. The molecule has 3 heterocycles. The fraction of sp³-hybridized carbons (Fsp3) is 0.364. The lowest BCUT2D eigenvalue weighted by atomic mass is 10.2. The molecule has 154 valence electrons. The predicted octanol–water partition coefficient (Wildman–Crippen LogP) is 3.68. The molecular formula is C22H27N3O4. The Morgan fingerprint density at radius 1 is 1.07 bits per heavy atom. The molecule has 2 amide bonds. The Bertz CT molecular complexity index is 912. The zero-order chi connectivity index (χ0) is 20.8. The molecule has 0 aliphatic carbocycles. The van der Waals surface area contributed by atoms with E-state index in [0.29, 0.717) is 18.8 Å². The Morgan fingerprint density at radius 2 is 1.83 bits per heavy atom. The van der Waals surface area contributed by atoms with Crippen LogP contribution in [0, 0.1) is 0 Å². The van der Waals surface area contributed by atoms with Crippen LogP contribution in [-0.4, -0.2) is 38.8 Å². The number of aryl methyl sites for hydroxylation is 1. The van der Waals surface area contributed by atoms with Crippen molar-refractivity contribution in [2.45, 2.75) is 39.4 Å². The third kappa shape index (κ3) is 4.99. The van der Waals surface area contributed by atoms with Gasteiger partial charge in [-0.1, -0.05) is 6.92 Å². The highest BCUT2D eigenvalue weighted by Gasteiger charge is 2.27.